The Balaban J connectivity index is 2.46. The Morgan fingerprint density at radius 1 is 1.24 bits per heavy atom. The maximum atomic E-state index is 11.1. The smallest absolute Gasteiger partial charge is 0.434 e. The lowest BCUT2D eigenvalue weighted by atomic mass is 10.2. The maximum Gasteiger partial charge on any atom is 0.513 e. The number of hydrogen-bond donors (Lipinski definition) is 0. The van der Waals surface area contributed by atoms with Crippen LogP contribution in [0, 0.1) is 6.92 Å². The minimum absolute atomic E-state index is 0.278. The molecule has 0 bridgehead atoms. The van der Waals surface area contributed by atoms with Gasteiger partial charge in [0.2, 0.25) is 0 Å². The van der Waals surface area contributed by atoms with Gasteiger partial charge in [-0.1, -0.05) is 13.3 Å². The van der Waals surface area contributed by atoms with E-state index in [-0.39, 0.29) is 6.61 Å². The van der Waals surface area contributed by atoms with E-state index in [9.17, 15) is 9.59 Å². The second kappa shape index (κ2) is 6.91. The lowest BCUT2D eigenvalue weighted by molar-refractivity contribution is 0.0982. The fourth-order valence-electron chi connectivity index (χ4n) is 1.04. The summed E-state index contributed by atoms with van der Waals surface area (Å²) in [5.74, 6) is 0.297. The molecule has 0 heterocycles. The molecule has 4 nitrogen and oxygen atoms in total. The molecular weight excluding hydrogens is 244 g/mol. The van der Waals surface area contributed by atoms with Crippen LogP contribution in [0.5, 0.6) is 5.75 Å². The summed E-state index contributed by atoms with van der Waals surface area (Å²) in [5, 5.41) is -0.561. The van der Waals surface area contributed by atoms with Crippen molar-refractivity contribution in [1.29, 1.82) is 0 Å². The Labute approximate surface area is 104 Å². The predicted octanol–water partition coefficient (Wildman–Crippen LogP) is 3.20. The third-order valence-corrected chi connectivity index (χ3v) is 2.11. The third-order valence-electron chi connectivity index (χ3n) is 1.90. The van der Waals surface area contributed by atoms with E-state index in [1.54, 1.807) is 0 Å². The van der Waals surface area contributed by atoms with Crippen LogP contribution >= 0.6 is 11.6 Å². The molecule has 1 rings (SSSR count). The summed E-state index contributed by atoms with van der Waals surface area (Å²) >= 11 is 5.27. The van der Waals surface area contributed by atoms with Crippen molar-refractivity contribution in [2.24, 2.45) is 0 Å². The summed E-state index contributed by atoms with van der Waals surface area (Å²) in [6.45, 7) is 3.89. The first-order chi connectivity index (χ1) is 8.13. The largest absolute Gasteiger partial charge is 0.513 e. The molecule has 0 saturated carbocycles. The van der Waals surface area contributed by atoms with Gasteiger partial charge in [-0.05, 0) is 42.3 Å². The highest BCUT2D eigenvalue weighted by atomic mass is 35.5. The Morgan fingerprint density at radius 2 is 1.88 bits per heavy atom. The molecule has 0 amide bonds. The Morgan fingerprint density at radius 3 is 2.41 bits per heavy atom. The molecular formula is C12H12ClO4. The summed E-state index contributed by atoms with van der Waals surface area (Å²) < 4.78 is 9.63. The van der Waals surface area contributed by atoms with E-state index < -0.39 is 11.4 Å². The molecule has 0 unspecified atom stereocenters. The molecule has 0 aliphatic heterocycles. The number of hydrogen-bond acceptors (Lipinski definition) is 4. The lowest BCUT2D eigenvalue weighted by Crippen LogP contribution is -2.11. The summed E-state index contributed by atoms with van der Waals surface area (Å²) in [6, 6.07) is 5.87. The minimum atomic E-state index is -0.775. The first-order valence-electron chi connectivity index (χ1n) is 5.07. The Hall–Kier alpha value is -1.55. The zero-order valence-corrected chi connectivity index (χ0v) is 9.90. The van der Waals surface area contributed by atoms with Gasteiger partial charge in [0.15, 0.2) is 0 Å². The van der Waals surface area contributed by atoms with Crippen molar-refractivity contribution in [3.63, 3.8) is 0 Å². The molecule has 0 aliphatic carbocycles. The molecule has 0 saturated heterocycles. The van der Waals surface area contributed by atoms with E-state index in [1.807, 2.05) is 0 Å². The highest BCUT2D eigenvalue weighted by Gasteiger charge is 2.06. The van der Waals surface area contributed by atoms with Crippen LogP contribution in [-0.2, 0) is 4.74 Å². The fraction of sp³-hybridized carbons (Fsp3) is 0.250. The van der Waals surface area contributed by atoms with Crippen molar-refractivity contribution < 1.29 is 19.1 Å². The van der Waals surface area contributed by atoms with Crippen LogP contribution in [-0.4, -0.2) is 18.0 Å². The lowest BCUT2D eigenvalue weighted by Gasteiger charge is -2.05. The van der Waals surface area contributed by atoms with Gasteiger partial charge in [-0.3, -0.25) is 4.79 Å². The molecule has 17 heavy (non-hydrogen) atoms. The number of carbonyl (C=O) groups is 2. The van der Waals surface area contributed by atoms with Gasteiger partial charge < -0.3 is 9.47 Å². The van der Waals surface area contributed by atoms with Crippen LogP contribution in [0.25, 0.3) is 0 Å². The molecule has 0 aromatic heterocycles. The summed E-state index contributed by atoms with van der Waals surface area (Å²) in [7, 11) is 0. The highest BCUT2D eigenvalue weighted by molar-refractivity contribution is 6.67. The average molecular weight is 256 g/mol. The molecule has 0 spiro atoms. The summed E-state index contributed by atoms with van der Waals surface area (Å²) in [6.07, 6.45) is 0.609. The third kappa shape index (κ3) is 4.87. The standard InChI is InChI=1S/C12H12ClO4/c1-2-3-8-16-12(15)17-10-6-4-9(5-7-10)11(13)14/h4-7H,1-3,8H2. The van der Waals surface area contributed by atoms with E-state index >= 15 is 0 Å². The highest BCUT2D eigenvalue weighted by Crippen LogP contribution is 2.14. The van der Waals surface area contributed by atoms with Crippen molar-refractivity contribution in [3.8, 4) is 5.75 Å². The molecule has 0 N–H and O–H groups in total. The molecule has 1 aromatic rings. The van der Waals surface area contributed by atoms with Crippen LogP contribution < -0.4 is 4.74 Å². The van der Waals surface area contributed by atoms with E-state index in [4.69, 9.17) is 21.1 Å². The number of unbranched alkanes of at least 4 members (excludes halogenated alkanes) is 1. The molecule has 0 fully saturated rings. The zero-order valence-electron chi connectivity index (χ0n) is 9.15. The quantitative estimate of drug-likeness (QED) is 0.351. The van der Waals surface area contributed by atoms with Crippen molar-refractivity contribution in [1.82, 2.24) is 0 Å². The molecule has 1 aromatic carbocycles. The van der Waals surface area contributed by atoms with Crippen molar-refractivity contribution in [3.05, 3.63) is 36.8 Å². The number of carbonyl (C=O) groups excluding carboxylic acids is 2. The van der Waals surface area contributed by atoms with E-state index in [0.717, 1.165) is 0 Å². The number of ether oxygens (including phenoxy) is 2. The van der Waals surface area contributed by atoms with Crippen LogP contribution in [0.2, 0.25) is 0 Å². The summed E-state index contributed by atoms with van der Waals surface area (Å²) in [5.41, 5.74) is 0.337. The fourth-order valence-corrected chi connectivity index (χ4v) is 1.16. The van der Waals surface area contributed by atoms with Gasteiger partial charge in [0.1, 0.15) is 5.75 Å². The SMILES string of the molecule is [CH2]CCCOC(=O)Oc1ccc(C(=O)Cl)cc1. The average Bonchev–Trinajstić information content (AvgIpc) is 2.30. The molecule has 91 valence electrons. The number of halogens is 1. The number of rotatable bonds is 5. The first-order valence-corrected chi connectivity index (χ1v) is 5.45. The number of benzene rings is 1. The molecule has 0 aliphatic rings. The van der Waals surface area contributed by atoms with Crippen molar-refractivity contribution in [2.45, 2.75) is 12.8 Å². The predicted molar refractivity (Wildman–Crippen MR) is 63.2 cm³/mol. The Bertz CT molecular complexity index is 386. The van der Waals surface area contributed by atoms with Crippen molar-refractivity contribution >= 4 is 23.0 Å². The van der Waals surface area contributed by atoms with Crippen LogP contribution in [0.15, 0.2) is 24.3 Å². The van der Waals surface area contributed by atoms with E-state index in [2.05, 4.69) is 6.92 Å². The maximum absolute atomic E-state index is 11.1. The van der Waals surface area contributed by atoms with Gasteiger partial charge in [0.25, 0.3) is 5.24 Å². The molecule has 1 radical (unpaired) electrons. The Kier molecular flexibility index (Phi) is 5.49. The van der Waals surface area contributed by atoms with Gasteiger partial charge in [-0.25, -0.2) is 4.79 Å². The monoisotopic (exact) mass is 255 g/mol. The van der Waals surface area contributed by atoms with Gasteiger partial charge in [0.05, 0.1) is 6.61 Å². The van der Waals surface area contributed by atoms with Gasteiger partial charge in [-0.2, -0.15) is 0 Å². The summed E-state index contributed by atoms with van der Waals surface area (Å²) in [4.78, 5) is 21.9. The first kappa shape index (κ1) is 13.5. The topological polar surface area (TPSA) is 52.6 Å². The van der Waals surface area contributed by atoms with Crippen LogP contribution in [0.1, 0.15) is 23.2 Å². The van der Waals surface area contributed by atoms with E-state index in [0.29, 0.717) is 24.2 Å². The second-order valence-electron chi connectivity index (χ2n) is 3.21. The van der Waals surface area contributed by atoms with Gasteiger partial charge in [-0.15, -0.1) is 0 Å². The van der Waals surface area contributed by atoms with Crippen LogP contribution in [0.4, 0.5) is 4.79 Å². The van der Waals surface area contributed by atoms with Gasteiger partial charge in [0, 0.05) is 5.56 Å². The zero-order chi connectivity index (χ0) is 12.7. The van der Waals surface area contributed by atoms with Crippen LogP contribution in [0.3, 0.4) is 0 Å². The van der Waals surface area contributed by atoms with Crippen molar-refractivity contribution in [2.75, 3.05) is 6.61 Å². The normalized spacial score (nSPS) is 9.76. The molecule has 0 atom stereocenters. The second-order valence-corrected chi connectivity index (χ2v) is 3.55. The molecule has 5 heteroatoms. The minimum Gasteiger partial charge on any atom is -0.434 e. The van der Waals surface area contributed by atoms with Gasteiger partial charge >= 0.3 is 6.16 Å². The van der Waals surface area contributed by atoms with E-state index in [1.165, 1.54) is 24.3 Å².